The molecule has 3 nitrogen and oxygen atoms in total. The first kappa shape index (κ1) is 12.0. The molecule has 0 radical (unpaired) electrons. The summed E-state index contributed by atoms with van der Waals surface area (Å²) < 4.78 is 10.0. The molecule has 1 rings (SSSR count). The Morgan fingerprint density at radius 1 is 1.33 bits per heavy atom. The van der Waals surface area contributed by atoms with E-state index in [0.29, 0.717) is 5.69 Å². The molecule has 1 aromatic rings. The Labute approximate surface area is 93.7 Å². The van der Waals surface area contributed by atoms with Gasteiger partial charge in [-0.25, -0.2) is 4.36 Å². The van der Waals surface area contributed by atoms with Gasteiger partial charge in [-0.05, 0) is 38.5 Å². The average molecular weight is 226 g/mol. The number of nitrogen functional groups attached to an aromatic ring is 1. The Balaban J connectivity index is 3.00. The van der Waals surface area contributed by atoms with E-state index >= 15 is 0 Å². The van der Waals surface area contributed by atoms with Crippen LogP contribution < -0.4 is 10.5 Å². The summed E-state index contributed by atoms with van der Waals surface area (Å²) in [6.45, 7) is 3.96. The van der Waals surface area contributed by atoms with Gasteiger partial charge < -0.3 is 10.5 Å². The number of nitrogens with two attached hydrogens (primary N) is 1. The highest BCUT2D eigenvalue weighted by Crippen LogP contribution is 2.28. The first-order chi connectivity index (χ1) is 6.99. The van der Waals surface area contributed by atoms with Crippen molar-refractivity contribution in [2.75, 3.05) is 18.2 Å². The summed E-state index contributed by atoms with van der Waals surface area (Å²) in [5.74, 6) is 0.719. The molecule has 84 valence electrons. The summed E-state index contributed by atoms with van der Waals surface area (Å²) >= 11 is 0. The van der Waals surface area contributed by atoms with Crippen molar-refractivity contribution in [2.24, 2.45) is 4.36 Å². The summed E-state index contributed by atoms with van der Waals surface area (Å²) in [4.78, 5) is 0. The summed E-state index contributed by atoms with van der Waals surface area (Å²) in [5.41, 5.74) is 7.39. The maximum Gasteiger partial charge on any atom is 0.144 e. The summed E-state index contributed by atoms with van der Waals surface area (Å²) in [6.07, 6.45) is 4.27. The van der Waals surface area contributed by atoms with Gasteiger partial charge >= 0.3 is 0 Å². The molecular formula is C11H18N2OS. The highest BCUT2D eigenvalue weighted by molar-refractivity contribution is 7.85. The predicted octanol–water partition coefficient (Wildman–Crippen LogP) is 2.75. The van der Waals surface area contributed by atoms with Crippen LogP contribution in [0.2, 0.25) is 0 Å². The molecule has 0 bridgehead atoms. The summed E-state index contributed by atoms with van der Waals surface area (Å²) in [5, 5.41) is 0. The van der Waals surface area contributed by atoms with Crippen molar-refractivity contribution >= 4 is 22.1 Å². The second kappa shape index (κ2) is 5.16. The lowest BCUT2D eigenvalue weighted by molar-refractivity contribution is 0.244. The van der Waals surface area contributed by atoms with E-state index in [2.05, 4.69) is 16.9 Å². The molecule has 0 atom stereocenters. The zero-order valence-electron chi connectivity index (χ0n) is 9.65. The minimum Gasteiger partial charge on any atom is -0.489 e. The average Bonchev–Trinajstić information content (AvgIpc) is 2.09. The number of hydrogen-bond acceptors (Lipinski definition) is 3. The van der Waals surface area contributed by atoms with Crippen LogP contribution in [0.5, 0.6) is 5.75 Å². The molecule has 1 aromatic carbocycles. The zero-order valence-corrected chi connectivity index (χ0v) is 10.5. The van der Waals surface area contributed by atoms with Gasteiger partial charge in [0.2, 0.25) is 0 Å². The minimum atomic E-state index is 0.0345. The number of ether oxygens (including phenoxy) is 1. The monoisotopic (exact) mass is 226 g/mol. The third kappa shape index (κ3) is 3.91. The van der Waals surface area contributed by atoms with Gasteiger partial charge in [-0.2, -0.15) is 0 Å². The van der Waals surface area contributed by atoms with Gasteiger partial charge in [0.1, 0.15) is 5.75 Å². The number of anilines is 1. The van der Waals surface area contributed by atoms with Gasteiger partial charge in [0.25, 0.3) is 0 Å². The fourth-order valence-electron chi connectivity index (χ4n) is 1.15. The van der Waals surface area contributed by atoms with Gasteiger partial charge in [-0.1, -0.05) is 0 Å². The molecule has 0 aliphatic heterocycles. The van der Waals surface area contributed by atoms with Crippen LogP contribution >= 0.6 is 0 Å². The van der Waals surface area contributed by atoms with E-state index in [-0.39, 0.29) is 16.8 Å². The Morgan fingerprint density at radius 2 is 2.00 bits per heavy atom. The number of hydrogen-bond donors (Lipinski definition) is 1. The fourth-order valence-corrected chi connectivity index (χ4v) is 1.68. The molecule has 4 heteroatoms. The Morgan fingerprint density at radius 3 is 2.53 bits per heavy atom. The van der Waals surface area contributed by atoms with E-state index in [9.17, 15) is 0 Å². The first-order valence-electron chi connectivity index (χ1n) is 4.84. The third-order valence-electron chi connectivity index (χ3n) is 1.65. The Hall–Kier alpha value is -1.03. The molecule has 0 aliphatic carbocycles. The van der Waals surface area contributed by atoms with Gasteiger partial charge in [0.05, 0.1) is 17.5 Å². The highest BCUT2D eigenvalue weighted by Gasteiger charge is 2.03. The van der Waals surface area contributed by atoms with E-state index < -0.39 is 0 Å². The van der Waals surface area contributed by atoms with E-state index in [1.807, 2.05) is 32.0 Å². The second-order valence-electron chi connectivity index (χ2n) is 3.75. The van der Waals surface area contributed by atoms with E-state index in [4.69, 9.17) is 10.5 Å². The van der Waals surface area contributed by atoms with Crippen LogP contribution in [0.1, 0.15) is 13.8 Å². The highest BCUT2D eigenvalue weighted by atomic mass is 32.2. The predicted molar refractivity (Wildman–Crippen MR) is 67.9 cm³/mol. The second-order valence-corrected chi connectivity index (χ2v) is 5.48. The molecule has 0 saturated heterocycles. The lowest BCUT2D eigenvalue weighted by Crippen LogP contribution is -2.07. The molecule has 0 fully saturated rings. The molecular weight excluding hydrogens is 208 g/mol. The van der Waals surface area contributed by atoms with E-state index in [0.717, 1.165) is 11.4 Å². The van der Waals surface area contributed by atoms with Crippen molar-refractivity contribution in [1.82, 2.24) is 0 Å². The van der Waals surface area contributed by atoms with Crippen molar-refractivity contribution in [3.63, 3.8) is 0 Å². The maximum atomic E-state index is 5.80. The topological polar surface area (TPSA) is 47.6 Å². The van der Waals surface area contributed by atoms with Crippen LogP contribution in [0.4, 0.5) is 11.4 Å². The van der Waals surface area contributed by atoms with Gasteiger partial charge in [-0.15, -0.1) is 10.7 Å². The molecule has 0 saturated carbocycles. The first-order valence-corrected chi connectivity index (χ1v) is 6.84. The quantitative estimate of drug-likeness (QED) is 0.806. The number of rotatable bonds is 3. The molecule has 0 aromatic heterocycles. The molecule has 15 heavy (non-hydrogen) atoms. The lowest BCUT2D eigenvalue weighted by atomic mass is 10.2. The lowest BCUT2D eigenvalue weighted by Gasteiger charge is -2.12. The molecule has 0 amide bonds. The van der Waals surface area contributed by atoms with Crippen molar-refractivity contribution in [2.45, 2.75) is 20.0 Å². The molecule has 0 heterocycles. The summed E-state index contributed by atoms with van der Waals surface area (Å²) in [6, 6.07) is 5.64. The largest absolute Gasteiger partial charge is 0.489 e. The Bertz CT molecular complexity index is 371. The van der Waals surface area contributed by atoms with Crippen LogP contribution in [0.25, 0.3) is 0 Å². The summed E-state index contributed by atoms with van der Waals surface area (Å²) in [7, 11) is 0.0345. The van der Waals surface area contributed by atoms with Crippen molar-refractivity contribution in [3.8, 4) is 5.75 Å². The normalized spacial score (nSPS) is 10.8. The van der Waals surface area contributed by atoms with Crippen LogP contribution in [0.3, 0.4) is 0 Å². The molecule has 2 N–H and O–H groups in total. The van der Waals surface area contributed by atoms with E-state index in [1.54, 1.807) is 0 Å². The smallest absolute Gasteiger partial charge is 0.144 e. The number of nitrogens with zero attached hydrogens (tertiary/aromatic N) is 1. The van der Waals surface area contributed by atoms with Crippen LogP contribution in [0.15, 0.2) is 22.6 Å². The molecule has 0 spiro atoms. The van der Waals surface area contributed by atoms with Crippen molar-refractivity contribution in [3.05, 3.63) is 18.2 Å². The molecule has 0 unspecified atom stereocenters. The fraction of sp³-hybridized carbons (Fsp3) is 0.455. The van der Waals surface area contributed by atoms with E-state index in [1.165, 1.54) is 0 Å². The van der Waals surface area contributed by atoms with Gasteiger partial charge in [0, 0.05) is 6.07 Å². The Kier molecular flexibility index (Phi) is 4.15. The molecule has 0 aliphatic rings. The SMILES string of the molecule is CC(C)Oc1cc(N=S(C)C)ccc1N. The van der Waals surface area contributed by atoms with Crippen LogP contribution in [0, 0.1) is 0 Å². The van der Waals surface area contributed by atoms with Gasteiger partial charge in [0.15, 0.2) is 0 Å². The zero-order chi connectivity index (χ0) is 11.4. The standard InChI is InChI=1S/C11H18N2OS/c1-8(2)14-11-7-9(13-15(3)4)5-6-10(11)12/h5-8H,12H2,1-4H3. The number of benzene rings is 1. The van der Waals surface area contributed by atoms with Crippen molar-refractivity contribution < 1.29 is 4.74 Å². The van der Waals surface area contributed by atoms with Crippen LogP contribution in [-0.4, -0.2) is 18.6 Å². The maximum absolute atomic E-state index is 5.80. The van der Waals surface area contributed by atoms with Gasteiger partial charge in [-0.3, -0.25) is 0 Å². The van der Waals surface area contributed by atoms with Crippen molar-refractivity contribution in [1.29, 1.82) is 0 Å². The third-order valence-corrected chi connectivity index (χ3v) is 2.22. The minimum absolute atomic E-state index is 0.0345. The van der Waals surface area contributed by atoms with Crippen LogP contribution in [-0.2, 0) is 10.7 Å².